The van der Waals surface area contributed by atoms with Gasteiger partial charge >= 0.3 is 12.2 Å². The predicted molar refractivity (Wildman–Crippen MR) is 61.7 cm³/mol. The van der Waals surface area contributed by atoms with E-state index in [0.29, 0.717) is 6.07 Å². The molecule has 1 rings (SSSR count). The highest BCUT2D eigenvalue weighted by Gasteiger charge is 2.37. The van der Waals surface area contributed by atoms with Crippen LogP contribution >= 0.6 is 22.6 Å². The lowest BCUT2D eigenvalue weighted by Gasteiger charge is -2.11. The van der Waals surface area contributed by atoms with Crippen LogP contribution in [-0.4, -0.2) is 24.7 Å². The highest BCUT2D eigenvalue weighted by atomic mass is 127. The average Bonchev–Trinajstić information content (AvgIpc) is 2.16. The summed E-state index contributed by atoms with van der Waals surface area (Å²) in [5.41, 5.74) is 0. The first-order chi connectivity index (χ1) is 8.42. The van der Waals surface area contributed by atoms with Gasteiger partial charge in [-0.1, -0.05) is 0 Å². The van der Waals surface area contributed by atoms with E-state index < -0.39 is 41.5 Å². The number of pyridine rings is 1. The Bertz CT molecular complexity index is 632. The lowest BCUT2D eigenvalue weighted by Crippen LogP contribution is -2.22. The first-order valence-corrected chi connectivity index (χ1v) is 6.68. The van der Waals surface area contributed by atoms with E-state index in [1.54, 1.807) is 0 Å². The minimum absolute atomic E-state index is 0.290. The van der Waals surface area contributed by atoms with Crippen LogP contribution in [0.2, 0.25) is 0 Å². The maximum absolute atomic E-state index is 12.1. The Morgan fingerprint density at radius 2 is 2.00 bits per heavy atom. The fraction of sp³-hybridized carbons (Fsp3) is 0.167. The first-order valence-electron chi connectivity index (χ1n) is 4.05. The van der Waals surface area contributed by atoms with Crippen LogP contribution in [0.1, 0.15) is 0 Å². The van der Waals surface area contributed by atoms with Gasteiger partial charge < -0.3 is 14.9 Å². The first kappa shape index (κ1) is 15.8. The zero-order chi connectivity index (χ0) is 15.0. The molecule has 0 fully saturated rings. The van der Waals surface area contributed by atoms with Crippen LogP contribution < -0.4 is 9.88 Å². The molecule has 1 heterocycles. The number of alkyl halides is 3. The zero-order valence-electron chi connectivity index (χ0n) is 8.51. The molecule has 2 N–H and O–H groups in total. The Morgan fingerprint density at radius 1 is 1.47 bits per heavy atom. The Hall–Kier alpha value is -1.22. The van der Waals surface area contributed by atoms with Gasteiger partial charge in [-0.05, 0) is 9.91 Å². The van der Waals surface area contributed by atoms with Gasteiger partial charge in [0.2, 0.25) is 15.8 Å². The Morgan fingerprint density at radius 3 is 2.37 bits per heavy atom. The minimum atomic E-state index is -5.20. The molecule has 0 radical (unpaired) electrons. The number of hydrogen-bond acceptors (Lipinski definition) is 6. The number of nitrogens with two attached hydrogens (primary N) is 1. The Labute approximate surface area is 117 Å². The lowest BCUT2D eigenvalue weighted by molar-refractivity contribution is -0.390. The number of aromatic nitrogens is 1. The molecule has 0 aliphatic rings. The van der Waals surface area contributed by atoms with Crippen LogP contribution in [0.3, 0.4) is 0 Å². The van der Waals surface area contributed by atoms with Crippen LogP contribution in [0.5, 0.6) is 5.75 Å². The fourth-order valence-electron chi connectivity index (χ4n) is 0.981. The number of ether oxygens (including phenoxy) is 1. The third kappa shape index (κ3) is 4.13. The van der Waals surface area contributed by atoms with Gasteiger partial charge in [0.1, 0.15) is 4.90 Å². The second-order valence-electron chi connectivity index (χ2n) is 2.95. The number of nitrogens with zero attached hydrogens (tertiary/aromatic N) is 2. The van der Waals surface area contributed by atoms with Crippen LogP contribution in [0.15, 0.2) is 11.0 Å². The summed E-state index contributed by atoms with van der Waals surface area (Å²) >= 11 is 1.16. The molecule has 0 unspecified atom stereocenters. The zero-order valence-corrected chi connectivity index (χ0v) is 11.5. The van der Waals surface area contributed by atoms with Crippen molar-refractivity contribution in [3.05, 3.63) is 19.9 Å². The predicted octanol–water partition coefficient (Wildman–Crippen LogP) is 1.14. The SMILES string of the molecule is NS(=O)(=O)c1cc([N+](=O)[O-])nc(I)c1OC(F)(F)F. The van der Waals surface area contributed by atoms with Crippen LogP contribution in [0.25, 0.3) is 0 Å². The summed E-state index contributed by atoms with van der Waals surface area (Å²) < 4.78 is 61.5. The van der Waals surface area contributed by atoms with Crippen molar-refractivity contribution < 1.29 is 31.2 Å². The number of sulfonamides is 1. The Kier molecular flexibility index (Phi) is 4.20. The van der Waals surface area contributed by atoms with E-state index in [-0.39, 0.29) is 0 Å². The molecule has 0 saturated heterocycles. The molecule has 8 nitrogen and oxygen atoms in total. The normalized spacial score (nSPS) is 12.3. The van der Waals surface area contributed by atoms with Crippen molar-refractivity contribution in [3.63, 3.8) is 0 Å². The largest absolute Gasteiger partial charge is 0.573 e. The second kappa shape index (κ2) is 5.04. The molecule has 13 heteroatoms. The Balaban J connectivity index is 3.58. The van der Waals surface area contributed by atoms with Crippen LogP contribution in [0.4, 0.5) is 19.0 Å². The average molecular weight is 413 g/mol. The van der Waals surface area contributed by atoms with Crippen molar-refractivity contribution in [2.24, 2.45) is 5.14 Å². The summed E-state index contributed by atoms with van der Waals surface area (Å²) in [5.74, 6) is -2.18. The molecular weight excluding hydrogens is 410 g/mol. The number of rotatable bonds is 3. The molecule has 0 spiro atoms. The quantitative estimate of drug-likeness (QED) is 0.343. The van der Waals surface area contributed by atoms with Crippen molar-refractivity contribution in [2.45, 2.75) is 11.3 Å². The molecular formula is C6H3F3IN3O5S. The van der Waals surface area contributed by atoms with E-state index >= 15 is 0 Å². The van der Waals surface area contributed by atoms with Crippen molar-refractivity contribution in [2.75, 3.05) is 0 Å². The molecule has 0 bridgehead atoms. The third-order valence-corrected chi connectivity index (χ3v) is 3.24. The van der Waals surface area contributed by atoms with E-state index in [9.17, 15) is 31.7 Å². The van der Waals surface area contributed by atoms with Gasteiger partial charge in [-0.2, -0.15) is 0 Å². The molecule has 19 heavy (non-hydrogen) atoms. The van der Waals surface area contributed by atoms with Crippen LogP contribution in [0, 0.1) is 13.8 Å². The van der Waals surface area contributed by atoms with E-state index in [1.807, 2.05) is 0 Å². The standard InChI is InChI=1S/C6H3F3IN3O5S/c7-6(8,9)18-4-2(19(11,16)17)1-3(13(14)15)12-5(4)10/h1H,(H2,11,16,17). The van der Waals surface area contributed by atoms with Gasteiger partial charge in [0.25, 0.3) is 3.70 Å². The number of halogens is 4. The molecule has 0 atom stereocenters. The number of hydrogen-bond donors (Lipinski definition) is 1. The highest BCUT2D eigenvalue weighted by molar-refractivity contribution is 14.1. The van der Waals surface area contributed by atoms with Crippen molar-refractivity contribution in [1.82, 2.24) is 4.98 Å². The molecule has 0 aliphatic heterocycles. The van der Waals surface area contributed by atoms with E-state index in [4.69, 9.17) is 0 Å². The van der Waals surface area contributed by atoms with Gasteiger partial charge in [0.05, 0.1) is 6.07 Å². The highest BCUT2D eigenvalue weighted by Crippen LogP contribution is 2.34. The molecule has 106 valence electrons. The van der Waals surface area contributed by atoms with Crippen LogP contribution in [-0.2, 0) is 10.0 Å². The molecule has 0 saturated carbocycles. The summed E-state index contributed by atoms with van der Waals surface area (Å²) in [7, 11) is -4.66. The monoisotopic (exact) mass is 413 g/mol. The molecule has 1 aromatic heterocycles. The van der Waals surface area contributed by atoms with E-state index in [2.05, 4.69) is 14.9 Å². The molecule has 0 amide bonds. The van der Waals surface area contributed by atoms with E-state index in [0.717, 1.165) is 22.6 Å². The van der Waals surface area contributed by atoms with Gasteiger partial charge in [0.15, 0.2) is 0 Å². The van der Waals surface area contributed by atoms with Crippen molar-refractivity contribution >= 4 is 38.4 Å². The van der Waals surface area contributed by atoms with Crippen molar-refractivity contribution in [1.29, 1.82) is 0 Å². The molecule has 0 aliphatic carbocycles. The lowest BCUT2D eigenvalue weighted by atomic mass is 10.4. The van der Waals surface area contributed by atoms with Crippen molar-refractivity contribution in [3.8, 4) is 5.75 Å². The van der Waals surface area contributed by atoms with Gasteiger partial charge in [-0.25, -0.2) is 13.6 Å². The maximum Gasteiger partial charge on any atom is 0.573 e. The topological polar surface area (TPSA) is 125 Å². The van der Waals surface area contributed by atoms with Gasteiger partial charge in [-0.3, -0.25) is 0 Å². The smallest absolute Gasteiger partial charge is 0.399 e. The molecule has 0 aromatic carbocycles. The molecule has 1 aromatic rings. The summed E-state index contributed by atoms with van der Waals surface area (Å²) in [6, 6.07) is 0.290. The van der Waals surface area contributed by atoms with Gasteiger partial charge in [0, 0.05) is 22.6 Å². The maximum atomic E-state index is 12.1. The number of nitro groups is 1. The summed E-state index contributed by atoms with van der Waals surface area (Å²) in [6.45, 7) is 0. The number of primary sulfonamides is 1. The van der Waals surface area contributed by atoms with E-state index in [1.165, 1.54) is 0 Å². The van der Waals surface area contributed by atoms with Gasteiger partial charge in [-0.15, -0.1) is 13.2 Å². The summed E-state index contributed by atoms with van der Waals surface area (Å²) in [6.07, 6.45) is -5.20. The minimum Gasteiger partial charge on any atom is -0.399 e. The fourth-order valence-corrected chi connectivity index (χ4v) is 2.48. The summed E-state index contributed by atoms with van der Waals surface area (Å²) in [4.78, 5) is 11.4. The summed E-state index contributed by atoms with van der Waals surface area (Å²) in [5, 5.41) is 15.2. The third-order valence-electron chi connectivity index (χ3n) is 1.60. The second-order valence-corrected chi connectivity index (χ2v) is 5.50.